The highest BCUT2D eigenvalue weighted by atomic mass is 16.5. The second-order valence-corrected chi connectivity index (χ2v) is 4.21. The summed E-state index contributed by atoms with van der Waals surface area (Å²) < 4.78 is 10.8. The van der Waals surface area contributed by atoms with Gasteiger partial charge in [-0.05, 0) is 19.3 Å². The van der Waals surface area contributed by atoms with E-state index in [2.05, 4.69) is 17.1 Å². The van der Waals surface area contributed by atoms with Crippen LogP contribution in [0, 0.1) is 0 Å². The zero-order valence-corrected chi connectivity index (χ0v) is 9.69. The average molecular weight is 225 g/mol. The lowest BCUT2D eigenvalue weighted by atomic mass is 10.0. The number of hydrogen-bond donors (Lipinski definition) is 1. The van der Waals surface area contributed by atoms with E-state index in [1.807, 2.05) is 0 Å². The van der Waals surface area contributed by atoms with Crippen molar-refractivity contribution in [2.45, 2.75) is 44.6 Å². The molecule has 90 valence electrons. The smallest absolute Gasteiger partial charge is 0.231 e. The van der Waals surface area contributed by atoms with Crippen molar-refractivity contribution in [2.75, 3.05) is 13.2 Å². The molecule has 0 amide bonds. The second-order valence-electron chi connectivity index (χ2n) is 4.21. The van der Waals surface area contributed by atoms with E-state index >= 15 is 0 Å². The van der Waals surface area contributed by atoms with Crippen LogP contribution in [0.3, 0.4) is 0 Å². The molecule has 1 aliphatic heterocycles. The molecule has 1 aromatic rings. The van der Waals surface area contributed by atoms with Crippen molar-refractivity contribution in [3.05, 3.63) is 11.7 Å². The van der Waals surface area contributed by atoms with Crippen LogP contribution in [0.4, 0.5) is 0 Å². The predicted octanol–water partition coefficient (Wildman–Crippen LogP) is 1.76. The molecule has 5 heteroatoms. The molecule has 0 spiro atoms. The molecule has 0 saturated carbocycles. The highest BCUT2D eigenvalue weighted by Gasteiger charge is 2.25. The van der Waals surface area contributed by atoms with Gasteiger partial charge in [-0.15, -0.1) is 0 Å². The number of aromatic nitrogens is 2. The third-order valence-electron chi connectivity index (χ3n) is 2.95. The molecule has 1 aromatic heterocycles. The van der Waals surface area contributed by atoms with Gasteiger partial charge in [-0.2, -0.15) is 4.98 Å². The standard InChI is InChI=1S/C11H19N3O2/c1-2-4-8(7-12)11-13-10(14-16-11)9-5-3-6-15-9/h8-9H,2-7,12H2,1H3. The lowest BCUT2D eigenvalue weighted by Crippen LogP contribution is -2.12. The van der Waals surface area contributed by atoms with Crippen molar-refractivity contribution in [3.63, 3.8) is 0 Å². The first-order valence-electron chi connectivity index (χ1n) is 6.00. The summed E-state index contributed by atoms with van der Waals surface area (Å²) in [6, 6.07) is 0. The number of ether oxygens (including phenoxy) is 1. The van der Waals surface area contributed by atoms with E-state index in [1.165, 1.54) is 0 Å². The van der Waals surface area contributed by atoms with Gasteiger partial charge in [0.2, 0.25) is 11.7 Å². The number of hydrogen-bond acceptors (Lipinski definition) is 5. The largest absolute Gasteiger partial charge is 0.370 e. The zero-order valence-electron chi connectivity index (χ0n) is 9.69. The minimum Gasteiger partial charge on any atom is -0.370 e. The SMILES string of the molecule is CCCC(CN)c1nc(C2CCCO2)no1. The summed E-state index contributed by atoms with van der Waals surface area (Å²) in [6.07, 6.45) is 4.14. The zero-order chi connectivity index (χ0) is 11.4. The molecule has 16 heavy (non-hydrogen) atoms. The first-order chi connectivity index (χ1) is 7.85. The molecular formula is C11H19N3O2. The molecule has 2 rings (SSSR count). The van der Waals surface area contributed by atoms with Crippen LogP contribution < -0.4 is 5.73 Å². The summed E-state index contributed by atoms with van der Waals surface area (Å²) in [6.45, 7) is 3.48. The van der Waals surface area contributed by atoms with Crippen molar-refractivity contribution in [1.29, 1.82) is 0 Å². The van der Waals surface area contributed by atoms with Crippen LogP contribution >= 0.6 is 0 Å². The fourth-order valence-corrected chi connectivity index (χ4v) is 2.02. The molecule has 0 bridgehead atoms. The van der Waals surface area contributed by atoms with Crippen LogP contribution in [0.5, 0.6) is 0 Å². The Kier molecular flexibility index (Phi) is 3.90. The molecule has 5 nitrogen and oxygen atoms in total. The maximum Gasteiger partial charge on any atom is 0.231 e. The summed E-state index contributed by atoms with van der Waals surface area (Å²) in [5, 5.41) is 3.98. The van der Waals surface area contributed by atoms with Gasteiger partial charge in [-0.25, -0.2) is 0 Å². The Balaban J connectivity index is 2.05. The van der Waals surface area contributed by atoms with E-state index in [0.717, 1.165) is 32.3 Å². The summed E-state index contributed by atoms with van der Waals surface area (Å²) in [4.78, 5) is 4.40. The second kappa shape index (κ2) is 5.41. The van der Waals surface area contributed by atoms with E-state index < -0.39 is 0 Å². The van der Waals surface area contributed by atoms with Gasteiger partial charge in [-0.1, -0.05) is 18.5 Å². The highest BCUT2D eigenvalue weighted by molar-refractivity contribution is 4.98. The Morgan fingerprint density at radius 1 is 1.56 bits per heavy atom. The molecule has 2 heterocycles. The van der Waals surface area contributed by atoms with E-state index in [0.29, 0.717) is 18.3 Å². The lowest BCUT2D eigenvalue weighted by Gasteiger charge is -2.07. The molecule has 0 aliphatic carbocycles. The molecule has 2 atom stereocenters. The van der Waals surface area contributed by atoms with Gasteiger partial charge in [0.15, 0.2) is 0 Å². The third kappa shape index (κ3) is 2.41. The molecule has 0 radical (unpaired) electrons. The van der Waals surface area contributed by atoms with Crippen molar-refractivity contribution in [2.24, 2.45) is 5.73 Å². The van der Waals surface area contributed by atoms with Crippen molar-refractivity contribution < 1.29 is 9.26 Å². The molecule has 2 unspecified atom stereocenters. The average Bonchev–Trinajstić information content (AvgIpc) is 2.95. The van der Waals surface area contributed by atoms with Crippen LogP contribution in [0.2, 0.25) is 0 Å². The molecule has 0 aromatic carbocycles. The van der Waals surface area contributed by atoms with Crippen LogP contribution in [-0.2, 0) is 4.74 Å². The Morgan fingerprint density at radius 2 is 2.44 bits per heavy atom. The van der Waals surface area contributed by atoms with Gasteiger partial charge < -0.3 is 15.0 Å². The maximum absolute atomic E-state index is 5.69. The fraction of sp³-hybridized carbons (Fsp3) is 0.818. The number of rotatable bonds is 5. The van der Waals surface area contributed by atoms with Crippen LogP contribution in [0.25, 0.3) is 0 Å². The van der Waals surface area contributed by atoms with Crippen molar-refractivity contribution in [1.82, 2.24) is 10.1 Å². The Bertz CT molecular complexity index is 321. The maximum atomic E-state index is 5.69. The molecule has 1 saturated heterocycles. The van der Waals surface area contributed by atoms with Gasteiger partial charge in [0.05, 0.1) is 5.92 Å². The minimum absolute atomic E-state index is 0.0255. The summed E-state index contributed by atoms with van der Waals surface area (Å²) >= 11 is 0. The predicted molar refractivity (Wildman–Crippen MR) is 58.9 cm³/mol. The van der Waals surface area contributed by atoms with Gasteiger partial charge in [0, 0.05) is 13.2 Å². The number of nitrogens with two attached hydrogens (primary N) is 1. The fourth-order valence-electron chi connectivity index (χ4n) is 2.02. The Hall–Kier alpha value is -0.940. The van der Waals surface area contributed by atoms with E-state index in [-0.39, 0.29) is 12.0 Å². The van der Waals surface area contributed by atoms with E-state index in [1.54, 1.807) is 0 Å². The first kappa shape index (κ1) is 11.5. The Morgan fingerprint density at radius 3 is 3.06 bits per heavy atom. The molecular weight excluding hydrogens is 206 g/mol. The quantitative estimate of drug-likeness (QED) is 0.826. The summed E-state index contributed by atoms with van der Waals surface area (Å²) in [7, 11) is 0. The van der Waals surface area contributed by atoms with Crippen LogP contribution in [0.1, 0.15) is 56.3 Å². The first-order valence-corrected chi connectivity index (χ1v) is 6.00. The monoisotopic (exact) mass is 225 g/mol. The van der Waals surface area contributed by atoms with Gasteiger partial charge >= 0.3 is 0 Å². The van der Waals surface area contributed by atoms with Gasteiger partial charge in [-0.3, -0.25) is 0 Å². The van der Waals surface area contributed by atoms with E-state index in [4.69, 9.17) is 15.0 Å². The minimum atomic E-state index is 0.0255. The summed E-state index contributed by atoms with van der Waals surface area (Å²) in [5.41, 5.74) is 5.69. The van der Waals surface area contributed by atoms with Crippen molar-refractivity contribution in [3.8, 4) is 0 Å². The normalized spacial score (nSPS) is 22.5. The van der Waals surface area contributed by atoms with E-state index in [9.17, 15) is 0 Å². The number of nitrogens with zero attached hydrogens (tertiary/aromatic N) is 2. The highest BCUT2D eigenvalue weighted by Crippen LogP contribution is 2.27. The Labute approximate surface area is 95.3 Å². The molecule has 2 N–H and O–H groups in total. The van der Waals surface area contributed by atoms with Crippen molar-refractivity contribution >= 4 is 0 Å². The topological polar surface area (TPSA) is 74.2 Å². The molecule has 1 aliphatic rings. The summed E-state index contributed by atoms with van der Waals surface area (Å²) in [5.74, 6) is 1.53. The van der Waals surface area contributed by atoms with Crippen LogP contribution in [-0.4, -0.2) is 23.3 Å². The third-order valence-corrected chi connectivity index (χ3v) is 2.95. The molecule has 1 fully saturated rings. The van der Waals surface area contributed by atoms with Gasteiger partial charge in [0.1, 0.15) is 6.10 Å². The van der Waals surface area contributed by atoms with Crippen LogP contribution in [0.15, 0.2) is 4.52 Å². The lowest BCUT2D eigenvalue weighted by molar-refractivity contribution is 0.103. The van der Waals surface area contributed by atoms with Gasteiger partial charge in [0.25, 0.3) is 0 Å².